The van der Waals surface area contributed by atoms with E-state index in [1.54, 1.807) is 12.1 Å². The molecule has 0 bridgehead atoms. The Morgan fingerprint density at radius 1 is 1.33 bits per heavy atom. The van der Waals surface area contributed by atoms with Crippen LogP contribution in [0, 0.1) is 5.82 Å². The van der Waals surface area contributed by atoms with Gasteiger partial charge in [-0.05, 0) is 0 Å². The quantitative estimate of drug-likeness (QED) is 0.605. The van der Waals surface area contributed by atoms with Crippen LogP contribution >= 0.6 is 17.0 Å². The van der Waals surface area contributed by atoms with E-state index in [4.69, 9.17) is 0 Å². The topological polar surface area (TPSA) is 0 Å². The van der Waals surface area contributed by atoms with Gasteiger partial charge in [0, 0.05) is 0 Å². The molecule has 1 aromatic rings. The average Bonchev–Trinajstić information content (AvgIpc) is 1.64. The van der Waals surface area contributed by atoms with E-state index < -0.39 is 0 Å². The van der Waals surface area contributed by atoms with Gasteiger partial charge in [-0.25, -0.2) is 0 Å². The molecule has 0 fully saturated rings. The third-order valence-electron chi connectivity index (χ3n) is 0.889. The van der Waals surface area contributed by atoms with Crippen molar-refractivity contribution in [3.8, 4) is 0 Å². The molecular weight excluding hydrogens is 236 g/mol. The second-order valence-corrected chi connectivity index (χ2v) is 3.34. The van der Waals surface area contributed by atoms with Crippen molar-refractivity contribution in [1.29, 1.82) is 0 Å². The van der Waals surface area contributed by atoms with Crippen LogP contribution in [0.4, 0.5) is 4.39 Å². The number of halogens is 2. The summed E-state index contributed by atoms with van der Waals surface area (Å²) in [5.41, 5.74) is 0. The Kier molecular flexibility index (Phi) is 4.25. The van der Waals surface area contributed by atoms with Crippen molar-refractivity contribution < 1.29 is 22.7 Å². The van der Waals surface area contributed by atoms with Gasteiger partial charge in [-0.1, -0.05) is 0 Å². The molecule has 0 atom stereocenters. The molecule has 0 heterocycles. The molecule has 0 unspecified atom stereocenters. The summed E-state index contributed by atoms with van der Waals surface area (Å²) in [7, 11) is 0. The van der Waals surface area contributed by atoms with Crippen molar-refractivity contribution in [3.63, 3.8) is 0 Å². The Hall–Kier alpha value is 0.253. The standard InChI is InChI=1S/C6H4F.BrH.Zn/c7-6-4-2-1-3-5-6;;/h1-2,4-5H;1H;. The van der Waals surface area contributed by atoms with Crippen molar-refractivity contribution in [2.24, 2.45) is 0 Å². The van der Waals surface area contributed by atoms with Gasteiger partial charge < -0.3 is 0 Å². The van der Waals surface area contributed by atoms with Crippen LogP contribution in [0.25, 0.3) is 0 Å². The van der Waals surface area contributed by atoms with Crippen LogP contribution in [0.3, 0.4) is 0 Å². The van der Waals surface area contributed by atoms with Gasteiger partial charge in [0.1, 0.15) is 0 Å². The fraction of sp³-hybridized carbons (Fsp3) is 0. The first-order valence-corrected chi connectivity index (χ1v) is 3.85. The molecule has 0 radical (unpaired) electrons. The monoisotopic (exact) mass is 239 g/mol. The first-order chi connectivity index (χ1) is 3.79. The predicted molar refractivity (Wildman–Crippen MR) is 36.4 cm³/mol. The van der Waals surface area contributed by atoms with Crippen LogP contribution in [0.2, 0.25) is 0 Å². The number of hydrogen-bond donors (Lipinski definition) is 0. The molecule has 3 heteroatoms. The first-order valence-electron chi connectivity index (χ1n) is 2.36. The zero-order chi connectivity index (χ0) is 5.98. The molecule has 9 heavy (non-hydrogen) atoms. The zero-order valence-electron chi connectivity index (χ0n) is 4.80. The number of hydrogen-bond acceptors (Lipinski definition) is 0. The summed E-state index contributed by atoms with van der Waals surface area (Å²) in [6.45, 7) is 0. The summed E-state index contributed by atoms with van der Waals surface area (Å²) in [4.78, 5) is 0. The second-order valence-electron chi connectivity index (χ2n) is 1.63. The molecule has 0 aromatic heterocycles. The molecule has 0 aliphatic carbocycles. The fourth-order valence-corrected chi connectivity index (χ4v) is 1.23. The Bertz CT molecular complexity index is 173. The predicted octanol–water partition coefficient (Wildman–Crippen LogP) is 1.58. The van der Waals surface area contributed by atoms with Gasteiger partial charge in [-0.15, -0.1) is 17.0 Å². The average molecular weight is 241 g/mol. The zero-order valence-corrected chi connectivity index (χ0v) is 9.48. The Morgan fingerprint density at radius 3 is 2.33 bits per heavy atom. The van der Waals surface area contributed by atoms with Crippen molar-refractivity contribution in [1.82, 2.24) is 0 Å². The third kappa shape index (κ3) is 3.07. The first kappa shape index (κ1) is 9.25. The summed E-state index contributed by atoms with van der Waals surface area (Å²) < 4.78 is 13.3. The van der Waals surface area contributed by atoms with Gasteiger partial charge in [0.15, 0.2) is 0 Å². The van der Waals surface area contributed by atoms with Crippen LogP contribution in [0.5, 0.6) is 0 Å². The SMILES string of the molecule is Br.Fc1ccc[c]([Zn])c1. The maximum atomic E-state index is 12.2. The summed E-state index contributed by atoms with van der Waals surface area (Å²) in [6, 6.07) is 6.66. The van der Waals surface area contributed by atoms with E-state index in [9.17, 15) is 4.39 Å². The van der Waals surface area contributed by atoms with Gasteiger partial charge in [0.2, 0.25) is 0 Å². The molecule has 45 valence electrons. The van der Waals surface area contributed by atoms with E-state index in [-0.39, 0.29) is 22.8 Å². The second kappa shape index (κ2) is 4.13. The third-order valence-corrected chi connectivity index (χ3v) is 1.81. The molecular formula is C6H5BrFZn. The van der Waals surface area contributed by atoms with Gasteiger partial charge in [0.25, 0.3) is 0 Å². The maximum absolute atomic E-state index is 12.2. The Labute approximate surface area is 73.9 Å². The fourth-order valence-electron chi connectivity index (χ4n) is 0.537. The van der Waals surface area contributed by atoms with E-state index in [0.717, 1.165) is 22.5 Å². The molecule has 0 aliphatic heterocycles. The van der Waals surface area contributed by atoms with Crippen LogP contribution in [0.15, 0.2) is 24.3 Å². The molecule has 0 amide bonds. The molecule has 0 nitrogen and oxygen atoms in total. The molecule has 0 saturated carbocycles. The normalized spacial score (nSPS) is 8.33. The van der Waals surface area contributed by atoms with Crippen LogP contribution in [-0.2, 0) is 18.3 Å². The van der Waals surface area contributed by atoms with Crippen LogP contribution < -0.4 is 4.16 Å². The summed E-state index contributed by atoms with van der Waals surface area (Å²) in [5.74, 6) is -0.131. The molecule has 0 aliphatic rings. The number of benzene rings is 1. The van der Waals surface area contributed by atoms with Crippen LogP contribution in [0.1, 0.15) is 0 Å². The van der Waals surface area contributed by atoms with Crippen LogP contribution in [-0.4, -0.2) is 0 Å². The molecule has 0 N–H and O–H groups in total. The van der Waals surface area contributed by atoms with Gasteiger partial charge in [-0.3, -0.25) is 0 Å². The summed E-state index contributed by atoms with van der Waals surface area (Å²) >= 11 is 1.03. The number of rotatable bonds is 0. The van der Waals surface area contributed by atoms with E-state index in [1.807, 2.05) is 6.07 Å². The minimum atomic E-state index is -0.131. The molecule has 1 rings (SSSR count). The van der Waals surface area contributed by atoms with Crippen molar-refractivity contribution >= 4 is 21.1 Å². The molecule has 0 spiro atoms. The van der Waals surface area contributed by atoms with E-state index in [0.29, 0.717) is 0 Å². The van der Waals surface area contributed by atoms with Gasteiger partial charge in [0.05, 0.1) is 0 Å². The van der Waals surface area contributed by atoms with Crippen molar-refractivity contribution in [3.05, 3.63) is 30.1 Å². The van der Waals surface area contributed by atoms with E-state index in [2.05, 4.69) is 0 Å². The van der Waals surface area contributed by atoms with Crippen molar-refractivity contribution in [2.45, 2.75) is 0 Å². The molecule has 1 aromatic carbocycles. The van der Waals surface area contributed by atoms with Gasteiger partial charge in [-0.2, -0.15) is 0 Å². The summed E-state index contributed by atoms with van der Waals surface area (Å²) in [5, 5.41) is 0. The van der Waals surface area contributed by atoms with E-state index in [1.165, 1.54) is 6.07 Å². The van der Waals surface area contributed by atoms with Crippen molar-refractivity contribution in [2.75, 3.05) is 0 Å². The summed E-state index contributed by atoms with van der Waals surface area (Å²) in [6.07, 6.45) is 0. The Morgan fingerprint density at radius 2 is 2.00 bits per heavy atom. The van der Waals surface area contributed by atoms with E-state index >= 15 is 0 Å². The Balaban J connectivity index is 0.000000640. The van der Waals surface area contributed by atoms with Gasteiger partial charge >= 0.3 is 56.9 Å². The molecule has 0 saturated heterocycles. The minimum absolute atomic E-state index is 0.